The van der Waals surface area contributed by atoms with Crippen LogP contribution in [0.4, 0.5) is 5.69 Å². The van der Waals surface area contributed by atoms with E-state index in [0.717, 1.165) is 16.7 Å². The lowest BCUT2D eigenvalue weighted by Crippen LogP contribution is -2.19. The molecule has 3 N–H and O–H groups in total. The molecule has 0 radical (unpaired) electrons. The average Bonchev–Trinajstić information content (AvgIpc) is 2.70. The highest BCUT2D eigenvalue weighted by Crippen LogP contribution is 2.20. The number of rotatable bonds is 6. The van der Waals surface area contributed by atoms with E-state index in [4.69, 9.17) is 10.6 Å². The summed E-state index contributed by atoms with van der Waals surface area (Å²) in [4.78, 5) is 17.0. The Morgan fingerprint density at radius 2 is 1.42 bits per heavy atom. The number of hydrogen-bond acceptors (Lipinski definition) is 3. The monoisotopic (exact) mass is 345 g/mol. The number of carbonyl (C=O) groups excluding carboxylic acids is 1. The van der Waals surface area contributed by atoms with Crippen LogP contribution in [0.15, 0.2) is 90.1 Å². The summed E-state index contributed by atoms with van der Waals surface area (Å²) in [5, 5.41) is 6.52. The number of hydrogen-bond donors (Lipinski definition) is 2. The van der Waals surface area contributed by atoms with Crippen molar-refractivity contribution in [2.45, 2.75) is 0 Å². The largest absolute Gasteiger partial charge is 0.384 e. The zero-order valence-electron chi connectivity index (χ0n) is 14.1. The molecule has 26 heavy (non-hydrogen) atoms. The van der Waals surface area contributed by atoms with Crippen molar-refractivity contribution in [1.82, 2.24) is 0 Å². The first-order valence-corrected chi connectivity index (χ1v) is 8.18. The number of amidine groups is 1. The van der Waals surface area contributed by atoms with Gasteiger partial charge in [0.05, 0.1) is 0 Å². The van der Waals surface area contributed by atoms with Gasteiger partial charge in [0.1, 0.15) is 0 Å². The number of nitrogens with one attached hydrogen (secondary N) is 1. The van der Waals surface area contributed by atoms with Crippen molar-refractivity contribution in [3.05, 3.63) is 90.5 Å². The van der Waals surface area contributed by atoms with Gasteiger partial charge in [-0.3, -0.25) is 4.79 Å². The van der Waals surface area contributed by atoms with Crippen LogP contribution < -0.4 is 11.1 Å². The zero-order chi connectivity index (χ0) is 18.2. The number of carbonyl (C=O) groups is 1. The third-order valence-electron chi connectivity index (χ3n) is 3.70. The summed E-state index contributed by atoms with van der Waals surface area (Å²) < 4.78 is 0. The van der Waals surface area contributed by atoms with Crippen molar-refractivity contribution in [2.75, 3.05) is 11.9 Å². The second-order valence-electron chi connectivity index (χ2n) is 5.61. The zero-order valence-corrected chi connectivity index (χ0v) is 14.1. The molecule has 0 saturated carbocycles. The van der Waals surface area contributed by atoms with Crippen LogP contribution >= 0.6 is 0 Å². The van der Waals surface area contributed by atoms with Gasteiger partial charge in [-0.2, -0.15) is 0 Å². The molecule has 0 saturated heterocycles. The van der Waals surface area contributed by atoms with Gasteiger partial charge in [0.15, 0.2) is 12.4 Å². The molecule has 0 spiro atoms. The number of amides is 1. The molecule has 3 aromatic rings. The summed E-state index contributed by atoms with van der Waals surface area (Å²) in [7, 11) is 0. The van der Waals surface area contributed by atoms with Crippen molar-refractivity contribution < 1.29 is 9.63 Å². The molecule has 0 aliphatic rings. The number of nitrogens with two attached hydrogens (primary N) is 1. The molecule has 1 amide bonds. The molecule has 0 aliphatic heterocycles. The highest BCUT2D eigenvalue weighted by Gasteiger charge is 2.04. The van der Waals surface area contributed by atoms with Crippen molar-refractivity contribution in [3.8, 4) is 11.1 Å². The highest BCUT2D eigenvalue weighted by molar-refractivity contribution is 5.97. The Bertz CT molecular complexity index is 876. The van der Waals surface area contributed by atoms with E-state index in [1.807, 2.05) is 84.9 Å². The van der Waals surface area contributed by atoms with Crippen LogP contribution in [0.1, 0.15) is 5.56 Å². The first-order valence-electron chi connectivity index (χ1n) is 8.18. The molecule has 5 nitrogen and oxygen atoms in total. The Hall–Kier alpha value is -3.60. The van der Waals surface area contributed by atoms with Gasteiger partial charge in [-0.05, 0) is 23.3 Å². The van der Waals surface area contributed by atoms with Crippen LogP contribution in [-0.2, 0) is 9.63 Å². The first-order chi connectivity index (χ1) is 12.7. The summed E-state index contributed by atoms with van der Waals surface area (Å²) in [5.74, 6) is -0.0762. The van der Waals surface area contributed by atoms with Gasteiger partial charge in [-0.15, -0.1) is 0 Å². The topological polar surface area (TPSA) is 76.7 Å². The van der Waals surface area contributed by atoms with Crippen LogP contribution in [-0.4, -0.2) is 18.3 Å². The van der Waals surface area contributed by atoms with E-state index in [0.29, 0.717) is 5.69 Å². The maximum Gasteiger partial charge on any atom is 0.265 e. The summed E-state index contributed by atoms with van der Waals surface area (Å²) in [6.07, 6.45) is 0. The van der Waals surface area contributed by atoms with Crippen LogP contribution in [0.3, 0.4) is 0 Å². The second kappa shape index (κ2) is 8.48. The molecule has 0 atom stereocenters. The Balaban J connectivity index is 1.52. The Morgan fingerprint density at radius 3 is 2.08 bits per heavy atom. The van der Waals surface area contributed by atoms with Gasteiger partial charge in [0.25, 0.3) is 5.91 Å². The molecule has 0 aromatic heterocycles. The molecule has 130 valence electrons. The van der Waals surface area contributed by atoms with Crippen LogP contribution in [0.5, 0.6) is 0 Å². The van der Waals surface area contributed by atoms with Gasteiger partial charge in [0, 0.05) is 11.3 Å². The van der Waals surface area contributed by atoms with E-state index in [1.54, 1.807) is 0 Å². The summed E-state index contributed by atoms with van der Waals surface area (Å²) >= 11 is 0. The molecule has 3 aromatic carbocycles. The molecule has 0 unspecified atom stereocenters. The third kappa shape index (κ3) is 4.70. The summed E-state index contributed by atoms with van der Waals surface area (Å²) in [5.41, 5.74) is 9.44. The normalized spacial score (nSPS) is 11.0. The lowest BCUT2D eigenvalue weighted by molar-refractivity contribution is -0.120. The molecule has 0 heterocycles. The van der Waals surface area contributed by atoms with Gasteiger partial charge in [-0.1, -0.05) is 78.0 Å². The third-order valence-corrected chi connectivity index (χ3v) is 3.70. The van der Waals surface area contributed by atoms with E-state index >= 15 is 0 Å². The number of benzene rings is 3. The lowest BCUT2D eigenvalue weighted by Gasteiger charge is -2.07. The maximum absolute atomic E-state index is 11.9. The predicted molar refractivity (Wildman–Crippen MR) is 104 cm³/mol. The minimum atomic E-state index is -0.304. The minimum Gasteiger partial charge on any atom is -0.384 e. The van der Waals surface area contributed by atoms with Crippen molar-refractivity contribution >= 4 is 17.4 Å². The van der Waals surface area contributed by atoms with Gasteiger partial charge in [-0.25, -0.2) is 0 Å². The Labute approximate surface area is 152 Å². The van der Waals surface area contributed by atoms with Gasteiger partial charge < -0.3 is 15.9 Å². The molecule has 0 bridgehead atoms. The molecular formula is C21H19N3O2. The van der Waals surface area contributed by atoms with Crippen LogP contribution in [0, 0.1) is 0 Å². The highest BCUT2D eigenvalue weighted by atomic mass is 16.6. The Morgan fingerprint density at radius 1 is 0.846 bits per heavy atom. The summed E-state index contributed by atoms with van der Waals surface area (Å²) in [6.45, 7) is -0.214. The quantitative estimate of drug-likeness (QED) is 0.407. The SMILES string of the molecule is N/C(=N/OCC(=O)Nc1ccc(-c2ccccc2)cc1)c1ccccc1. The second-order valence-corrected chi connectivity index (χ2v) is 5.61. The standard InChI is InChI=1S/C21H19N3O2/c22-21(18-9-5-2-6-10-18)24-26-15-20(25)23-19-13-11-17(12-14-19)16-7-3-1-4-8-16/h1-14H,15H2,(H2,22,24)(H,23,25). The molecular weight excluding hydrogens is 326 g/mol. The van der Waals surface area contributed by atoms with Crippen LogP contribution in [0.25, 0.3) is 11.1 Å². The fourth-order valence-electron chi connectivity index (χ4n) is 2.40. The number of oxime groups is 1. The molecule has 3 rings (SSSR count). The van der Waals surface area contributed by atoms with E-state index in [2.05, 4.69) is 10.5 Å². The van der Waals surface area contributed by atoms with E-state index < -0.39 is 0 Å². The number of anilines is 1. The average molecular weight is 345 g/mol. The smallest absolute Gasteiger partial charge is 0.265 e. The Kier molecular flexibility index (Phi) is 5.62. The van der Waals surface area contributed by atoms with Crippen molar-refractivity contribution in [2.24, 2.45) is 10.9 Å². The van der Waals surface area contributed by atoms with Crippen molar-refractivity contribution in [1.29, 1.82) is 0 Å². The summed E-state index contributed by atoms with van der Waals surface area (Å²) in [6, 6.07) is 26.9. The van der Waals surface area contributed by atoms with E-state index in [9.17, 15) is 4.79 Å². The van der Waals surface area contributed by atoms with Crippen molar-refractivity contribution in [3.63, 3.8) is 0 Å². The molecule has 0 aliphatic carbocycles. The maximum atomic E-state index is 11.9. The minimum absolute atomic E-state index is 0.214. The fourth-order valence-corrected chi connectivity index (χ4v) is 2.40. The fraction of sp³-hybridized carbons (Fsp3) is 0.0476. The van der Waals surface area contributed by atoms with E-state index in [-0.39, 0.29) is 18.3 Å². The molecule has 0 fully saturated rings. The van der Waals surface area contributed by atoms with E-state index in [1.165, 1.54) is 0 Å². The lowest BCUT2D eigenvalue weighted by atomic mass is 10.1. The first kappa shape index (κ1) is 17.2. The van der Waals surface area contributed by atoms with Gasteiger partial charge in [0.2, 0.25) is 0 Å². The molecule has 5 heteroatoms. The number of nitrogens with zero attached hydrogens (tertiary/aromatic N) is 1. The van der Waals surface area contributed by atoms with Crippen LogP contribution in [0.2, 0.25) is 0 Å². The predicted octanol–water partition coefficient (Wildman–Crippen LogP) is 3.63. The van der Waals surface area contributed by atoms with Gasteiger partial charge >= 0.3 is 0 Å².